The molecule has 0 N–H and O–H groups in total. The Hall–Kier alpha value is -1.12. The van der Waals surface area contributed by atoms with Crippen molar-refractivity contribution < 1.29 is 4.79 Å². The number of hydrogen-bond acceptors (Lipinski definition) is 2. The molecule has 1 aromatic rings. The van der Waals surface area contributed by atoms with E-state index in [9.17, 15) is 4.79 Å². The summed E-state index contributed by atoms with van der Waals surface area (Å²) >= 11 is 0. The van der Waals surface area contributed by atoms with Gasteiger partial charge in [-0.05, 0) is 6.92 Å². The van der Waals surface area contributed by atoms with Gasteiger partial charge in [0.2, 0.25) is 0 Å². The lowest BCUT2D eigenvalue weighted by molar-refractivity contribution is -0.119. The number of hydrogen-bond donors (Lipinski definition) is 0. The van der Waals surface area contributed by atoms with Crippen molar-refractivity contribution in [1.82, 2.24) is 9.55 Å². The minimum atomic E-state index is 0.308. The number of Topliss-reactive ketones (excluding diaryl/α,β-unsaturated/α-hetero) is 1. The van der Waals surface area contributed by atoms with Gasteiger partial charge in [-0.15, -0.1) is 0 Å². The van der Waals surface area contributed by atoms with E-state index < -0.39 is 0 Å². The predicted octanol–water partition coefficient (Wildman–Crippen LogP) is 0.707. The normalized spacial score (nSPS) is 16.6. The lowest BCUT2D eigenvalue weighted by Gasteiger charge is -2.11. The molecule has 0 aromatic carbocycles. The molecule has 0 saturated carbocycles. The molecule has 1 aromatic heterocycles. The third-order valence-corrected chi connectivity index (χ3v) is 1.97. The van der Waals surface area contributed by atoms with Crippen LogP contribution in [0.1, 0.15) is 17.9 Å². The molecule has 0 atom stereocenters. The Balaban J connectivity index is 2.41. The second kappa shape index (κ2) is 2.19. The van der Waals surface area contributed by atoms with Crippen molar-refractivity contribution in [3.8, 4) is 0 Å². The second-order valence-corrected chi connectivity index (χ2v) is 2.96. The fourth-order valence-electron chi connectivity index (χ4n) is 1.44. The highest BCUT2D eigenvalue weighted by Crippen LogP contribution is 2.11. The van der Waals surface area contributed by atoms with Crippen molar-refractivity contribution in [2.24, 2.45) is 0 Å². The van der Waals surface area contributed by atoms with E-state index in [1.807, 2.05) is 13.1 Å². The zero-order valence-electron chi connectivity index (χ0n) is 6.50. The zero-order chi connectivity index (χ0) is 7.84. The Labute approximate surface area is 65.1 Å². The van der Waals surface area contributed by atoms with Crippen LogP contribution in [0, 0.1) is 6.92 Å². The Morgan fingerprint density at radius 3 is 3.27 bits per heavy atom. The first-order chi connectivity index (χ1) is 5.25. The molecule has 58 valence electrons. The van der Waals surface area contributed by atoms with Gasteiger partial charge in [0.15, 0.2) is 0 Å². The van der Waals surface area contributed by atoms with Crippen LogP contribution < -0.4 is 0 Å². The van der Waals surface area contributed by atoms with Gasteiger partial charge in [0.25, 0.3) is 0 Å². The number of aromatic nitrogens is 2. The molecular weight excluding hydrogens is 140 g/mol. The molecule has 0 spiro atoms. The highest BCUT2D eigenvalue weighted by atomic mass is 16.1. The van der Waals surface area contributed by atoms with Gasteiger partial charge >= 0.3 is 0 Å². The molecule has 0 bridgehead atoms. The molecule has 0 amide bonds. The van der Waals surface area contributed by atoms with Crippen LogP contribution >= 0.6 is 0 Å². The van der Waals surface area contributed by atoms with E-state index >= 15 is 0 Å². The first kappa shape index (κ1) is 6.58. The summed E-state index contributed by atoms with van der Waals surface area (Å²) in [6, 6.07) is 0. The largest absolute Gasteiger partial charge is 0.334 e. The molecule has 0 saturated heterocycles. The Kier molecular flexibility index (Phi) is 1.31. The third-order valence-electron chi connectivity index (χ3n) is 1.97. The van der Waals surface area contributed by atoms with Crippen LogP contribution in [0.2, 0.25) is 0 Å². The number of rotatable bonds is 0. The van der Waals surface area contributed by atoms with Gasteiger partial charge in [-0.25, -0.2) is 4.98 Å². The number of ketones is 1. The van der Waals surface area contributed by atoms with Crippen molar-refractivity contribution >= 4 is 5.78 Å². The lowest BCUT2D eigenvalue weighted by atomic mass is 10.1. The number of aryl methyl sites for hydroxylation is 2. The molecule has 11 heavy (non-hydrogen) atoms. The van der Waals surface area contributed by atoms with Gasteiger partial charge < -0.3 is 4.57 Å². The zero-order valence-corrected chi connectivity index (χ0v) is 6.50. The molecule has 3 heteroatoms. The topological polar surface area (TPSA) is 34.9 Å². The van der Waals surface area contributed by atoms with Crippen LogP contribution in [0.5, 0.6) is 0 Å². The average molecular weight is 150 g/mol. The summed E-state index contributed by atoms with van der Waals surface area (Å²) in [5.41, 5.74) is 1.01. The highest BCUT2D eigenvalue weighted by Gasteiger charge is 2.16. The first-order valence-corrected chi connectivity index (χ1v) is 3.80. The molecule has 0 fully saturated rings. The number of carbonyl (C=O) groups is 1. The van der Waals surface area contributed by atoms with Gasteiger partial charge in [-0.1, -0.05) is 0 Å². The summed E-state index contributed by atoms with van der Waals surface area (Å²) in [5.74, 6) is 1.24. The Bertz CT molecular complexity index is 301. The maximum Gasteiger partial charge on any atom is 0.142 e. The van der Waals surface area contributed by atoms with Gasteiger partial charge in [-0.3, -0.25) is 4.79 Å². The van der Waals surface area contributed by atoms with Crippen LogP contribution in [-0.2, 0) is 17.8 Å². The molecule has 1 aliphatic heterocycles. The van der Waals surface area contributed by atoms with E-state index in [0.29, 0.717) is 18.6 Å². The van der Waals surface area contributed by atoms with Crippen LogP contribution in [0.15, 0.2) is 6.20 Å². The molecule has 2 rings (SSSR count). The maximum atomic E-state index is 11.0. The minimum absolute atomic E-state index is 0.308. The summed E-state index contributed by atoms with van der Waals surface area (Å²) in [6.45, 7) is 2.77. The number of carbonyl (C=O) groups excluding carboxylic acids is 1. The van der Waals surface area contributed by atoms with Crippen molar-refractivity contribution in [2.75, 3.05) is 0 Å². The third kappa shape index (κ3) is 1.06. The molecule has 0 aliphatic carbocycles. The van der Waals surface area contributed by atoms with E-state index in [1.165, 1.54) is 0 Å². The van der Waals surface area contributed by atoms with E-state index in [4.69, 9.17) is 0 Å². The summed E-state index contributed by atoms with van der Waals surface area (Å²) in [5, 5.41) is 0. The lowest BCUT2D eigenvalue weighted by Crippen LogP contribution is -2.18. The SMILES string of the molecule is Cc1cn2c(n1)CC(=O)CC2. The average Bonchev–Trinajstić information content (AvgIpc) is 2.27. The first-order valence-electron chi connectivity index (χ1n) is 3.80. The standard InChI is InChI=1S/C8H10N2O/c1-6-5-10-3-2-7(11)4-8(10)9-6/h5H,2-4H2,1H3. The smallest absolute Gasteiger partial charge is 0.142 e. The van der Waals surface area contributed by atoms with Crippen molar-refractivity contribution in [3.05, 3.63) is 17.7 Å². The van der Waals surface area contributed by atoms with E-state index in [2.05, 4.69) is 9.55 Å². The Morgan fingerprint density at radius 2 is 2.45 bits per heavy atom. The summed E-state index contributed by atoms with van der Waals surface area (Å²) in [4.78, 5) is 15.2. The van der Waals surface area contributed by atoms with Crippen LogP contribution in [0.3, 0.4) is 0 Å². The van der Waals surface area contributed by atoms with Crippen LogP contribution in [-0.4, -0.2) is 15.3 Å². The Morgan fingerprint density at radius 1 is 1.64 bits per heavy atom. The highest BCUT2D eigenvalue weighted by molar-refractivity contribution is 5.80. The number of nitrogens with zero attached hydrogens (tertiary/aromatic N) is 2. The van der Waals surface area contributed by atoms with Crippen molar-refractivity contribution in [3.63, 3.8) is 0 Å². The summed E-state index contributed by atoms with van der Waals surface area (Å²) in [7, 11) is 0. The molecule has 0 unspecified atom stereocenters. The molecular formula is C8H10N2O. The van der Waals surface area contributed by atoms with Crippen molar-refractivity contribution in [1.29, 1.82) is 0 Å². The number of imidazole rings is 1. The molecule has 1 aliphatic rings. The second-order valence-electron chi connectivity index (χ2n) is 2.96. The maximum absolute atomic E-state index is 11.0. The minimum Gasteiger partial charge on any atom is -0.334 e. The predicted molar refractivity (Wildman–Crippen MR) is 40.3 cm³/mol. The van der Waals surface area contributed by atoms with Gasteiger partial charge in [0.1, 0.15) is 11.6 Å². The monoisotopic (exact) mass is 150 g/mol. The number of fused-ring (bicyclic) bond motifs is 1. The molecule has 3 nitrogen and oxygen atoms in total. The fourth-order valence-corrected chi connectivity index (χ4v) is 1.44. The van der Waals surface area contributed by atoms with E-state index in [0.717, 1.165) is 18.1 Å². The van der Waals surface area contributed by atoms with E-state index in [1.54, 1.807) is 0 Å². The van der Waals surface area contributed by atoms with Gasteiger partial charge in [-0.2, -0.15) is 0 Å². The molecule has 0 radical (unpaired) electrons. The van der Waals surface area contributed by atoms with Gasteiger partial charge in [0.05, 0.1) is 12.1 Å². The van der Waals surface area contributed by atoms with E-state index in [-0.39, 0.29) is 0 Å². The van der Waals surface area contributed by atoms with Crippen molar-refractivity contribution in [2.45, 2.75) is 26.3 Å². The van der Waals surface area contributed by atoms with Crippen LogP contribution in [0.25, 0.3) is 0 Å². The van der Waals surface area contributed by atoms with Crippen LogP contribution in [0.4, 0.5) is 0 Å². The summed E-state index contributed by atoms with van der Waals surface area (Å²) < 4.78 is 2.07. The van der Waals surface area contributed by atoms with Gasteiger partial charge in [0, 0.05) is 19.2 Å². The molecule has 2 heterocycles. The summed E-state index contributed by atoms with van der Waals surface area (Å²) in [6.07, 6.45) is 3.19. The quantitative estimate of drug-likeness (QED) is 0.545. The fraction of sp³-hybridized carbons (Fsp3) is 0.500.